The van der Waals surface area contributed by atoms with Gasteiger partial charge in [-0.2, -0.15) is 24.9 Å². The second kappa shape index (κ2) is 7.04. The molecule has 1 aromatic rings. The van der Waals surface area contributed by atoms with E-state index in [9.17, 15) is 13.2 Å². The van der Waals surface area contributed by atoms with Crippen molar-refractivity contribution in [2.75, 3.05) is 11.5 Å². The summed E-state index contributed by atoms with van der Waals surface area (Å²) >= 11 is 1.85. The van der Waals surface area contributed by atoms with Gasteiger partial charge in [0.1, 0.15) is 0 Å². The van der Waals surface area contributed by atoms with Crippen LogP contribution in [0.2, 0.25) is 0 Å². The molecule has 1 nitrogen and oxygen atoms in total. The highest BCUT2D eigenvalue weighted by molar-refractivity contribution is 7.99. The Bertz CT molecular complexity index is 348. The highest BCUT2D eigenvalue weighted by Crippen LogP contribution is 2.29. The first-order valence-corrected chi connectivity index (χ1v) is 7.06. The van der Waals surface area contributed by atoms with Gasteiger partial charge in [-0.05, 0) is 30.4 Å². The molecule has 1 atom stereocenters. The van der Waals surface area contributed by atoms with E-state index in [1.165, 1.54) is 12.1 Å². The van der Waals surface area contributed by atoms with Crippen LogP contribution in [0.3, 0.4) is 0 Å². The summed E-state index contributed by atoms with van der Waals surface area (Å²) in [5, 5.41) is 3.29. The topological polar surface area (TPSA) is 12.0 Å². The zero-order valence-electron chi connectivity index (χ0n) is 10.6. The minimum absolute atomic E-state index is 0.359. The molecule has 0 saturated carbocycles. The van der Waals surface area contributed by atoms with Crippen LogP contribution >= 0.6 is 11.8 Å². The molecule has 0 aliphatic heterocycles. The van der Waals surface area contributed by atoms with E-state index in [0.29, 0.717) is 12.6 Å². The van der Waals surface area contributed by atoms with Gasteiger partial charge in [0, 0.05) is 18.3 Å². The quantitative estimate of drug-likeness (QED) is 0.845. The van der Waals surface area contributed by atoms with Gasteiger partial charge in [-0.3, -0.25) is 0 Å². The fourth-order valence-electron chi connectivity index (χ4n) is 1.46. The number of benzene rings is 1. The molecule has 1 rings (SSSR count). The number of nitrogens with one attached hydrogen (secondary N) is 1. The molecule has 0 aliphatic rings. The maximum absolute atomic E-state index is 12.4. The van der Waals surface area contributed by atoms with E-state index in [1.54, 1.807) is 0 Å². The first-order chi connectivity index (χ1) is 8.43. The summed E-state index contributed by atoms with van der Waals surface area (Å²) in [5.74, 6) is 2.09. The van der Waals surface area contributed by atoms with Gasteiger partial charge >= 0.3 is 6.18 Å². The molecule has 0 fully saturated rings. The SMILES string of the molecule is CCSCC(C)NCc1ccc(C(F)(F)F)cc1. The van der Waals surface area contributed by atoms with Crippen molar-refractivity contribution in [1.82, 2.24) is 5.32 Å². The lowest BCUT2D eigenvalue weighted by molar-refractivity contribution is -0.137. The zero-order chi connectivity index (χ0) is 13.6. The molecule has 0 spiro atoms. The molecule has 0 aliphatic carbocycles. The van der Waals surface area contributed by atoms with E-state index in [-0.39, 0.29) is 0 Å². The van der Waals surface area contributed by atoms with E-state index in [2.05, 4.69) is 19.2 Å². The number of rotatable bonds is 6. The third-order valence-corrected chi connectivity index (χ3v) is 3.65. The van der Waals surface area contributed by atoms with Crippen molar-refractivity contribution < 1.29 is 13.2 Å². The average Bonchev–Trinajstić information content (AvgIpc) is 2.33. The van der Waals surface area contributed by atoms with Crippen molar-refractivity contribution in [1.29, 1.82) is 0 Å². The summed E-state index contributed by atoms with van der Waals surface area (Å²) in [7, 11) is 0. The number of alkyl halides is 3. The molecule has 0 bridgehead atoms. The van der Waals surface area contributed by atoms with E-state index in [1.807, 2.05) is 11.8 Å². The largest absolute Gasteiger partial charge is 0.416 e. The van der Waals surface area contributed by atoms with Crippen molar-refractivity contribution in [3.63, 3.8) is 0 Å². The minimum Gasteiger partial charge on any atom is -0.309 e. The van der Waals surface area contributed by atoms with Crippen molar-refractivity contribution in [2.45, 2.75) is 32.6 Å². The molecule has 0 heterocycles. The Morgan fingerprint density at radius 2 is 1.83 bits per heavy atom. The fourth-order valence-corrected chi connectivity index (χ4v) is 2.16. The third-order valence-electron chi connectivity index (χ3n) is 2.51. The zero-order valence-corrected chi connectivity index (χ0v) is 11.4. The molecule has 1 aromatic carbocycles. The van der Waals surface area contributed by atoms with Gasteiger partial charge in [0.15, 0.2) is 0 Å². The van der Waals surface area contributed by atoms with Crippen molar-refractivity contribution >= 4 is 11.8 Å². The van der Waals surface area contributed by atoms with Crippen LogP contribution in [0.1, 0.15) is 25.0 Å². The molecule has 0 aromatic heterocycles. The number of hydrogen-bond acceptors (Lipinski definition) is 2. The Hall–Kier alpha value is -0.680. The number of halogens is 3. The summed E-state index contributed by atoms with van der Waals surface area (Å²) in [5.41, 5.74) is 0.275. The fraction of sp³-hybridized carbons (Fsp3) is 0.538. The van der Waals surface area contributed by atoms with Crippen LogP contribution in [-0.2, 0) is 12.7 Å². The molecule has 1 unspecified atom stereocenters. The second-order valence-corrected chi connectivity index (χ2v) is 5.46. The normalized spacial score (nSPS) is 13.6. The van der Waals surface area contributed by atoms with Crippen LogP contribution in [-0.4, -0.2) is 17.5 Å². The Balaban J connectivity index is 2.44. The summed E-state index contributed by atoms with van der Waals surface area (Å²) in [6.07, 6.45) is -4.25. The van der Waals surface area contributed by atoms with E-state index < -0.39 is 11.7 Å². The predicted molar refractivity (Wildman–Crippen MR) is 70.7 cm³/mol. The van der Waals surface area contributed by atoms with Crippen molar-refractivity contribution in [3.05, 3.63) is 35.4 Å². The second-order valence-electron chi connectivity index (χ2n) is 4.14. The molecule has 0 saturated heterocycles. The Morgan fingerprint density at radius 1 is 1.22 bits per heavy atom. The maximum Gasteiger partial charge on any atom is 0.416 e. The molecule has 5 heteroatoms. The minimum atomic E-state index is -4.25. The first-order valence-electron chi connectivity index (χ1n) is 5.90. The lowest BCUT2D eigenvalue weighted by atomic mass is 10.1. The van der Waals surface area contributed by atoms with Crippen LogP contribution in [0.4, 0.5) is 13.2 Å². The lowest BCUT2D eigenvalue weighted by Gasteiger charge is -2.13. The molecular weight excluding hydrogens is 259 g/mol. The van der Waals surface area contributed by atoms with Crippen LogP contribution < -0.4 is 5.32 Å². The van der Waals surface area contributed by atoms with Crippen molar-refractivity contribution in [2.24, 2.45) is 0 Å². The van der Waals surface area contributed by atoms with Gasteiger partial charge in [0.05, 0.1) is 5.56 Å². The molecule has 1 N–H and O–H groups in total. The van der Waals surface area contributed by atoms with Crippen LogP contribution in [0.15, 0.2) is 24.3 Å². The summed E-state index contributed by atoms with van der Waals surface area (Å²) in [4.78, 5) is 0. The summed E-state index contributed by atoms with van der Waals surface area (Å²) < 4.78 is 37.1. The Labute approximate surface area is 110 Å². The van der Waals surface area contributed by atoms with Crippen LogP contribution in [0.25, 0.3) is 0 Å². The lowest BCUT2D eigenvalue weighted by Crippen LogP contribution is -2.27. The van der Waals surface area contributed by atoms with Gasteiger partial charge in [-0.25, -0.2) is 0 Å². The molecule has 0 amide bonds. The smallest absolute Gasteiger partial charge is 0.309 e. The third kappa shape index (κ3) is 5.31. The standard InChI is InChI=1S/C13H18F3NS/c1-3-18-9-10(2)17-8-11-4-6-12(7-5-11)13(14,15)16/h4-7,10,17H,3,8-9H2,1-2H3. The van der Waals surface area contributed by atoms with Crippen molar-refractivity contribution in [3.8, 4) is 0 Å². The Kier molecular flexibility index (Phi) is 6.02. The molecule has 0 radical (unpaired) electrons. The van der Waals surface area contributed by atoms with E-state index in [0.717, 1.165) is 29.2 Å². The highest BCUT2D eigenvalue weighted by Gasteiger charge is 2.29. The first kappa shape index (κ1) is 15.4. The highest BCUT2D eigenvalue weighted by atomic mass is 32.2. The molecule has 18 heavy (non-hydrogen) atoms. The summed E-state index contributed by atoms with van der Waals surface area (Å²) in [6, 6.07) is 5.66. The molecular formula is C13H18F3NS. The van der Waals surface area contributed by atoms with Gasteiger partial charge in [-0.15, -0.1) is 0 Å². The van der Waals surface area contributed by atoms with Gasteiger partial charge in [-0.1, -0.05) is 19.1 Å². The van der Waals surface area contributed by atoms with E-state index in [4.69, 9.17) is 0 Å². The summed E-state index contributed by atoms with van der Waals surface area (Å²) in [6.45, 7) is 4.78. The van der Waals surface area contributed by atoms with Crippen LogP contribution in [0.5, 0.6) is 0 Å². The number of thioether (sulfide) groups is 1. The Morgan fingerprint density at radius 3 is 2.33 bits per heavy atom. The van der Waals surface area contributed by atoms with Gasteiger partial charge in [0.2, 0.25) is 0 Å². The average molecular weight is 277 g/mol. The van der Waals surface area contributed by atoms with E-state index >= 15 is 0 Å². The number of hydrogen-bond donors (Lipinski definition) is 1. The molecule has 102 valence electrons. The van der Waals surface area contributed by atoms with Gasteiger partial charge in [0.25, 0.3) is 0 Å². The maximum atomic E-state index is 12.4. The van der Waals surface area contributed by atoms with Gasteiger partial charge < -0.3 is 5.32 Å². The predicted octanol–water partition coefficient (Wildman–Crippen LogP) is 3.94. The monoisotopic (exact) mass is 277 g/mol. The van der Waals surface area contributed by atoms with Crippen LogP contribution in [0, 0.1) is 0 Å².